The van der Waals surface area contributed by atoms with Crippen molar-refractivity contribution in [3.8, 4) is 5.69 Å². The molecule has 0 bridgehead atoms. The quantitative estimate of drug-likeness (QED) is 0.623. The van der Waals surface area contributed by atoms with Crippen molar-refractivity contribution in [2.24, 2.45) is 0 Å². The zero-order valence-electron chi connectivity index (χ0n) is 8.35. The van der Waals surface area contributed by atoms with E-state index in [1.165, 1.54) is 24.3 Å². The zero-order chi connectivity index (χ0) is 12.4. The lowest BCUT2D eigenvalue weighted by Gasteiger charge is -2.01. The number of hydrogen-bond donors (Lipinski definition) is 1. The first-order valence-corrected chi connectivity index (χ1v) is 4.48. The van der Waals surface area contributed by atoms with E-state index in [1.54, 1.807) is 0 Å². The van der Waals surface area contributed by atoms with E-state index in [1.807, 2.05) is 0 Å². The van der Waals surface area contributed by atoms with Gasteiger partial charge < -0.3 is 5.11 Å². The topological polar surface area (TPSA) is 111 Å². The second kappa shape index (κ2) is 4.00. The average Bonchev–Trinajstić information content (AvgIpc) is 2.78. The van der Waals surface area contributed by atoms with Crippen molar-refractivity contribution >= 4 is 11.7 Å². The van der Waals surface area contributed by atoms with Crippen LogP contribution in [-0.4, -0.2) is 31.0 Å². The maximum atomic E-state index is 10.8. The number of benzene rings is 1. The van der Waals surface area contributed by atoms with E-state index in [0.29, 0.717) is 5.69 Å². The molecule has 8 nitrogen and oxygen atoms in total. The molecule has 1 aromatic carbocycles. The Kier molecular flexibility index (Phi) is 2.53. The Morgan fingerprint density at radius 2 is 2.00 bits per heavy atom. The Morgan fingerprint density at radius 1 is 1.35 bits per heavy atom. The number of nitrogens with zero attached hydrogens (tertiary/aromatic N) is 4. The third-order valence-corrected chi connectivity index (χ3v) is 2.07. The monoisotopic (exact) mass is 234 g/mol. The number of carboxylic acid groups (broad SMARTS) is 1. The molecule has 17 heavy (non-hydrogen) atoms. The number of carboxylic acids is 1. The lowest BCUT2D eigenvalue weighted by atomic mass is 10.3. The van der Waals surface area contributed by atoms with Crippen molar-refractivity contribution < 1.29 is 14.8 Å². The van der Waals surface area contributed by atoms with Gasteiger partial charge in [0.1, 0.15) is 0 Å². The molecule has 0 unspecified atom stereocenters. The van der Waals surface area contributed by atoms with Crippen molar-refractivity contribution in [1.29, 1.82) is 0 Å². The molecule has 2 aromatic rings. The lowest BCUT2D eigenvalue weighted by Crippen LogP contribution is -2.07. The van der Waals surface area contributed by atoms with Gasteiger partial charge in [-0.05, 0) is 12.1 Å². The Morgan fingerprint density at radius 3 is 2.53 bits per heavy atom. The van der Waals surface area contributed by atoms with Crippen LogP contribution in [0.1, 0.15) is 10.5 Å². The Balaban J connectivity index is 2.43. The first-order valence-electron chi connectivity index (χ1n) is 4.48. The van der Waals surface area contributed by atoms with Crippen LogP contribution >= 0.6 is 0 Å². The summed E-state index contributed by atoms with van der Waals surface area (Å²) in [6.07, 6.45) is 1.10. The number of nitro groups is 1. The van der Waals surface area contributed by atoms with Crippen molar-refractivity contribution in [1.82, 2.24) is 15.0 Å². The predicted octanol–water partition coefficient (Wildman–Crippen LogP) is 0.874. The van der Waals surface area contributed by atoms with Crippen molar-refractivity contribution in [3.63, 3.8) is 0 Å². The fourth-order valence-corrected chi connectivity index (χ4v) is 1.29. The number of non-ortho nitro benzene ring substituents is 1. The van der Waals surface area contributed by atoms with Gasteiger partial charge in [-0.25, -0.2) is 9.48 Å². The van der Waals surface area contributed by atoms with Crippen LogP contribution in [0.3, 0.4) is 0 Å². The second-order valence-electron chi connectivity index (χ2n) is 3.11. The molecular formula is C9H6N4O4. The molecule has 0 amide bonds. The third-order valence-electron chi connectivity index (χ3n) is 2.07. The normalized spacial score (nSPS) is 10.1. The summed E-state index contributed by atoms with van der Waals surface area (Å²) in [5, 5.41) is 26.4. The summed E-state index contributed by atoms with van der Waals surface area (Å²) in [6.45, 7) is 0. The van der Waals surface area contributed by atoms with Gasteiger partial charge in [0.25, 0.3) is 5.69 Å². The lowest BCUT2D eigenvalue weighted by molar-refractivity contribution is -0.384. The molecule has 0 radical (unpaired) electrons. The van der Waals surface area contributed by atoms with Crippen molar-refractivity contribution in [2.45, 2.75) is 0 Å². The van der Waals surface area contributed by atoms with Crippen molar-refractivity contribution in [3.05, 3.63) is 46.3 Å². The van der Waals surface area contributed by atoms with Gasteiger partial charge in [0.15, 0.2) is 5.69 Å². The Hall–Kier alpha value is -2.77. The Labute approximate surface area is 94.3 Å². The third kappa shape index (κ3) is 1.95. The number of nitro benzene ring substituents is 1. The molecule has 0 atom stereocenters. The van der Waals surface area contributed by atoms with E-state index in [9.17, 15) is 14.9 Å². The van der Waals surface area contributed by atoms with Gasteiger partial charge in [-0.1, -0.05) is 5.21 Å². The predicted molar refractivity (Wildman–Crippen MR) is 55.0 cm³/mol. The van der Waals surface area contributed by atoms with Crippen LogP contribution in [0.25, 0.3) is 5.69 Å². The smallest absolute Gasteiger partial charge is 0.356 e. The van der Waals surface area contributed by atoms with Gasteiger partial charge in [0.05, 0.1) is 16.8 Å². The van der Waals surface area contributed by atoms with E-state index >= 15 is 0 Å². The highest BCUT2D eigenvalue weighted by atomic mass is 16.6. The summed E-state index contributed by atoms with van der Waals surface area (Å²) in [6, 6.07) is 5.34. The van der Waals surface area contributed by atoms with E-state index < -0.39 is 10.9 Å². The molecule has 1 N–H and O–H groups in total. The molecule has 0 spiro atoms. The molecule has 0 saturated carbocycles. The summed E-state index contributed by atoms with van der Waals surface area (Å²) in [7, 11) is 0. The maximum Gasteiger partial charge on any atom is 0.356 e. The summed E-state index contributed by atoms with van der Waals surface area (Å²) < 4.78 is 1.09. The highest BCUT2D eigenvalue weighted by Gasteiger charge is 2.13. The van der Waals surface area contributed by atoms with Crippen LogP contribution < -0.4 is 0 Å². The zero-order valence-corrected chi connectivity index (χ0v) is 8.35. The minimum absolute atomic E-state index is 0.0780. The molecule has 8 heteroatoms. The molecule has 0 aliphatic heterocycles. The fraction of sp³-hybridized carbons (Fsp3) is 0. The molecule has 2 rings (SSSR count). The molecule has 86 valence electrons. The number of rotatable bonds is 3. The van der Waals surface area contributed by atoms with Crippen LogP contribution in [0.2, 0.25) is 0 Å². The molecular weight excluding hydrogens is 228 g/mol. The highest BCUT2D eigenvalue weighted by Crippen LogP contribution is 2.15. The van der Waals surface area contributed by atoms with Gasteiger partial charge >= 0.3 is 5.97 Å². The van der Waals surface area contributed by atoms with Crippen LogP contribution in [-0.2, 0) is 0 Å². The van der Waals surface area contributed by atoms with E-state index in [0.717, 1.165) is 10.9 Å². The number of carbonyl (C=O) groups is 1. The number of aromatic carboxylic acids is 1. The molecule has 0 fully saturated rings. The standard InChI is InChI=1S/C9H6N4O4/c14-9(15)8-5-10-11-12(8)6-1-3-7(4-2-6)13(16)17/h1-5H,(H,14,15). The van der Waals surface area contributed by atoms with Crippen LogP contribution in [0.5, 0.6) is 0 Å². The Bertz CT molecular complexity index is 575. The fourth-order valence-electron chi connectivity index (χ4n) is 1.29. The molecule has 1 aromatic heterocycles. The highest BCUT2D eigenvalue weighted by molar-refractivity contribution is 5.85. The summed E-state index contributed by atoms with van der Waals surface area (Å²) >= 11 is 0. The minimum Gasteiger partial charge on any atom is -0.476 e. The number of aromatic nitrogens is 3. The summed E-state index contributed by atoms with van der Waals surface area (Å²) in [5.41, 5.74) is 0.204. The SMILES string of the molecule is O=C(O)c1cnnn1-c1ccc([N+](=O)[O-])cc1. The van der Waals surface area contributed by atoms with E-state index in [-0.39, 0.29) is 11.4 Å². The van der Waals surface area contributed by atoms with Gasteiger partial charge in [-0.2, -0.15) is 0 Å². The van der Waals surface area contributed by atoms with E-state index in [2.05, 4.69) is 10.3 Å². The molecule has 1 heterocycles. The van der Waals surface area contributed by atoms with Crippen LogP contribution in [0.15, 0.2) is 30.5 Å². The average molecular weight is 234 g/mol. The van der Waals surface area contributed by atoms with Gasteiger partial charge in [-0.3, -0.25) is 10.1 Å². The minimum atomic E-state index is -1.17. The number of hydrogen-bond acceptors (Lipinski definition) is 5. The molecule has 0 aliphatic rings. The second-order valence-corrected chi connectivity index (χ2v) is 3.11. The first-order chi connectivity index (χ1) is 8.09. The van der Waals surface area contributed by atoms with Crippen LogP contribution in [0.4, 0.5) is 5.69 Å². The van der Waals surface area contributed by atoms with Gasteiger partial charge in [0.2, 0.25) is 0 Å². The molecule has 0 aliphatic carbocycles. The first kappa shape index (κ1) is 10.7. The maximum absolute atomic E-state index is 10.8. The summed E-state index contributed by atoms with van der Waals surface area (Å²) in [5.74, 6) is -1.17. The van der Waals surface area contributed by atoms with Gasteiger partial charge in [0, 0.05) is 12.1 Å². The summed E-state index contributed by atoms with van der Waals surface area (Å²) in [4.78, 5) is 20.7. The molecule has 0 saturated heterocycles. The van der Waals surface area contributed by atoms with E-state index in [4.69, 9.17) is 5.11 Å². The van der Waals surface area contributed by atoms with Gasteiger partial charge in [-0.15, -0.1) is 5.10 Å². The van der Waals surface area contributed by atoms with Crippen molar-refractivity contribution in [2.75, 3.05) is 0 Å². The van der Waals surface area contributed by atoms with Crippen LogP contribution in [0, 0.1) is 10.1 Å². The largest absolute Gasteiger partial charge is 0.476 e.